The van der Waals surface area contributed by atoms with Gasteiger partial charge in [-0.05, 0) is 85.0 Å². The fraction of sp³-hybridized carbons (Fsp3) is 0.959. The lowest BCUT2D eigenvalue weighted by Crippen LogP contribution is -2.78. The highest BCUT2D eigenvalue weighted by Crippen LogP contribution is 2.70. The van der Waals surface area contributed by atoms with E-state index in [1.54, 1.807) is 35.2 Å². The molecule has 3 saturated carbocycles. The topological polar surface area (TPSA) is 252 Å². The Morgan fingerprint density at radius 3 is 1.63 bits per heavy atom. The number of hydrogen-bond donors (Lipinski definition) is 7. The smallest absolute Gasteiger partial charge is 0.187 e. The molecule has 7 N–H and O–H groups in total. The van der Waals surface area contributed by atoms with Crippen molar-refractivity contribution in [3.05, 3.63) is 11.6 Å². The molecular formula is C49H82O19. The average molecular weight is 975 g/mol. The molecule has 0 radical (unpaired) electrons. The Morgan fingerprint density at radius 1 is 0.618 bits per heavy atom. The van der Waals surface area contributed by atoms with Gasteiger partial charge in [0.15, 0.2) is 25.2 Å². The van der Waals surface area contributed by atoms with Crippen LogP contribution >= 0.6 is 0 Å². The third-order valence-corrected chi connectivity index (χ3v) is 18.4. The molecule has 4 heterocycles. The maximum Gasteiger partial charge on any atom is 0.187 e. The Hall–Kier alpha value is -1.02. The maximum atomic E-state index is 12.6. The van der Waals surface area contributed by atoms with Gasteiger partial charge in [0, 0.05) is 53.6 Å². The van der Waals surface area contributed by atoms with Crippen molar-refractivity contribution >= 4 is 0 Å². The summed E-state index contributed by atoms with van der Waals surface area (Å²) in [5.74, 6) is -0.475. The van der Waals surface area contributed by atoms with Crippen molar-refractivity contribution in [2.24, 2.45) is 16.7 Å². The van der Waals surface area contributed by atoms with Crippen LogP contribution < -0.4 is 0 Å². The monoisotopic (exact) mass is 975 g/mol. The van der Waals surface area contributed by atoms with Gasteiger partial charge >= 0.3 is 0 Å². The van der Waals surface area contributed by atoms with Crippen LogP contribution in [0.4, 0.5) is 0 Å². The maximum absolute atomic E-state index is 12.6. The molecule has 0 aromatic rings. The minimum atomic E-state index is -1.81. The highest BCUT2D eigenvalue weighted by molar-refractivity contribution is 5.36. The summed E-state index contributed by atoms with van der Waals surface area (Å²) >= 11 is 0. The van der Waals surface area contributed by atoms with Gasteiger partial charge in [0.25, 0.3) is 0 Å². The van der Waals surface area contributed by atoms with Crippen LogP contribution in [-0.2, 0) is 56.8 Å². The highest BCUT2D eigenvalue weighted by Gasteiger charge is 2.80. The normalized spacial score (nSPS) is 54.6. The first-order chi connectivity index (χ1) is 32.0. The van der Waals surface area contributed by atoms with Crippen LogP contribution in [0.15, 0.2) is 11.6 Å². The van der Waals surface area contributed by atoms with Gasteiger partial charge in [-0.2, -0.15) is 0 Å². The van der Waals surface area contributed by atoms with Crippen LogP contribution in [-0.4, -0.2) is 204 Å². The Morgan fingerprint density at radius 2 is 1.13 bits per heavy atom. The van der Waals surface area contributed by atoms with E-state index in [4.69, 9.17) is 56.8 Å². The summed E-state index contributed by atoms with van der Waals surface area (Å²) in [5.41, 5.74) is -6.12. The predicted molar refractivity (Wildman–Crippen MR) is 239 cm³/mol. The predicted octanol–water partition coefficient (Wildman–Crippen LogP) is 1.73. The fourth-order valence-electron chi connectivity index (χ4n) is 14.1. The zero-order valence-electron chi connectivity index (χ0n) is 41.8. The minimum absolute atomic E-state index is 0.0643. The number of fused-ring (bicyclic) bond motifs is 5. The van der Waals surface area contributed by atoms with Gasteiger partial charge in [-0.3, -0.25) is 0 Å². The van der Waals surface area contributed by atoms with E-state index in [9.17, 15) is 35.7 Å². The zero-order valence-corrected chi connectivity index (χ0v) is 41.8. The molecule has 0 bridgehead atoms. The van der Waals surface area contributed by atoms with Crippen molar-refractivity contribution in [2.75, 3.05) is 28.4 Å². The van der Waals surface area contributed by atoms with Crippen LogP contribution in [0.25, 0.3) is 0 Å². The molecule has 4 saturated heterocycles. The molecule has 68 heavy (non-hydrogen) atoms. The van der Waals surface area contributed by atoms with Gasteiger partial charge in [0.2, 0.25) is 0 Å². The molecule has 8 rings (SSSR count). The quantitative estimate of drug-likeness (QED) is 0.130. The van der Waals surface area contributed by atoms with E-state index in [0.717, 1.165) is 5.57 Å². The lowest BCUT2D eigenvalue weighted by molar-refractivity contribution is -0.356. The Balaban J connectivity index is 0.849. The van der Waals surface area contributed by atoms with Crippen molar-refractivity contribution in [2.45, 2.75) is 252 Å². The van der Waals surface area contributed by atoms with Gasteiger partial charge in [-0.25, -0.2) is 0 Å². The van der Waals surface area contributed by atoms with Gasteiger partial charge in [0.05, 0.1) is 66.5 Å². The van der Waals surface area contributed by atoms with Crippen molar-refractivity contribution in [3.8, 4) is 0 Å². The first-order valence-electron chi connectivity index (χ1n) is 25.0. The number of methoxy groups -OCH3 is 4. The molecular weight excluding hydrogens is 893 g/mol. The second-order valence-electron chi connectivity index (χ2n) is 21.8. The fourth-order valence-corrected chi connectivity index (χ4v) is 14.1. The molecule has 19 nitrogen and oxygen atoms in total. The van der Waals surface area contributed by atoms with Crippen LogP contribution in [0.3, 0.4) is 0 Å². The van der Waals surface area contributed by atoms with Crippen molar-refractivity contribution in [1.82, 2.24) is 0 Å². The summed E-state index contributed by atoms with van der Waals surface area (Å²) in [5, 5.41) is 80.5. The third-order valence-electron chi connectivity index (χ3n) is 18.4. The number of aliphatic hydroxyl groups is 7. The number of rotatable bonds is 13. The van der Waals surface area contributed by atoms with E-state index in [-0.39, 0.29) is 37.9 Å². The highest BCUT2D eigenvalue weighted by atomic mass is 16.8. The Bertz CT molecular complexity index is 1760. The number of ether oxygens (including phenoxy) is 12. The molecule has 8 aliphatic rings. The molecule has 26 atom stereocenters. The van der Waals surface area contributed by atoms with Crippen LogP contribution in [0, 0.1) is 16.7 Å². The first kappa shape index (κ1) is 53.3. The zero-order chi connectivity index (χ0) is 49.5. The molecule has 7 fully saturated rings. The Labute approximate surface area is 400 Å². The van der Waals surface area contributed by atoms with Gasteiger partial charge in [0.1, 0.15) is 53.4 Å². The largest absolute Gasteiger partial charge is 0.392 e. The van der Waals surface area contributed by atoms with Crippen molar-refractivity contribution in [3.63, 3.8) is 0 Å². The SMILES string of the molecule is CO[C@H]1[C@@H](O)[C@H](O[C@@H]2[C@@H](C)O[C@@H](O[C@H]3[C@@H](OC)C[C@H](O[C@H]4[C@@H](OC)C[C@H](O[C@H]5CC[C@@]6(C)C(=CC[C@]7(O)[C@@H]6C[C@@H](O)[C@@]6(C)[C@]7(O)CC[C@@]6(O)[C@H](C)O)C5)O[C@@H]4C)O[C@@H]3C)C[C@H]2OC)O[C@H](C)[C@H]1O. The molecule has 19 heteroatoms. The van der Waals surface area contributed by atoms with E-state index in [1.807, 2.05) is 26.8 Å². The lowest BCUT2D eigenvalue weighted by Gasteiger charge is -2.67. The summed E-state index contributed by atoms with van der Waals surface area (Å²) < 4.78 is 74.4. The average Bonchev–Trinajstić information content (AvgIpc) is 3.53. The van der Waals surface area contributed by atoms with Crippen LogP contribution in [0.5, 0.6) is 0 Å². The van der Waals surface area contributed by atoms with Crippen molar-refractivity contribution in [1.29, 1.82) is 0 Å². The van der Waals surface area contributed by atoms with Gasteiger partial charge in [-0.1, -0.05) is 25.5 Å². The molecule has 0 amide bonds. The molecule has 0 aromatic carbocycles. The summed E-state index contributed by atoms with van der Waals surface area (Å²) in [7, 11) is 6.26. The van der Waals surface area contributed by atoms with E-state index in [1.165, 1.54) is 14.0 Å². The molecule has 0 spiro atoms. The summed E-state index contributed by atoms with van der Waals surface area (Å²) in [4.78, 5) is 0. The van der Waals surface area contributed by atoms with Gasteiger partial charge in [-0.15, -0.1) is 0 Å². The van der Waals surface area contributed by atoms with E-state index >= 15 is 0 Å². The molecule has 0 unspecified atom stereocenters. The molecule has 392 valence electrons. The summed E-state index contributed by atoms with van der Waals surface area (Å²) in [6.07, 6.45) is -8.18. The summed E-state index contributed by atoms with van der Waals surface area (Å²) in [6.45, 7) is 12.6. The molecule has 0 aromatic heterocycles. The van der Waals surface area contributed by atoms with E-state index < -0.39 is 144 Å². The Kier molecular flexibility index (Phi) is 15.7. The number of aliphatic hydroxyl groups excluding tert-OH is 4. The third kappa shape index (κ3) is 8.69. The van der Waals surface area contributed by atoms with E-state index in [0.29, 0.717) is 38.5 Å². The standard InChI is InChI=1S/C49H82O19/c1-23-38(52)43(60-11)39(53)44(64-23)68-42-26(4)63-37(21-32(42)59-10)67-41-25(3)62-36(20-31(41)58-9)66-40-24(2)61-35(19-30(40)57-8)65-29-13-14-45(6)28(18-29)12-15-48(55)33(45)22-34(51)46(7)47(54,27(5)50)16-17-49(46,48)56/h12,23-27,29-44,50-56H,13-22H2,1-11H3/t23-,24-,25-,26-,27+,29+,30+,31+,32-,33-,34-,35+,36+,37+,38-,39-,40-,41-,42-,43-,44+,45+,46-,47-,48+,49-/m1/s1. The second kappa shape index (κ2) is 20.0. The van der Waals surface area contributed by atoms with Crippen LogP contribution in [0.1, 0.15) is 113 Å². The lowest BCUT2D eigenvalue weighted by atomic mass is 9.42. The molecule has 4 aliphatic carbocycles. The minimum Gasteiger partial charge on any atom is -0.392 e. The second-order valence-corrected chi connectivity index (χ2v) is 21.8. The van der Waals surface area contributed by atoms with Crippen LogP contribution in [0.2, 0.25) is 0 Å². The van der Waals surface area contributed by atoms with Crippen molar-refractivity contribution < 1.29 is 92.6 Å². The van der Waals surface area contributed by atoms with E-state index in [2.05, 4.69) is 6.92 Å². The van der Waals surface area contributed by atoms with Gasteiger partial charge < -0.3 is 92.6 Å². The summed E-state index contributed by atoms with van der Waals surface area (Å²) in [6, 6.07) is 0. The molecule has 4 aliphatic heterocycles. The first-order valence-corrected chi connectivity index (χ1v) is 25.0. The number of hydrogen-bond acceptors (Lipinski definition) is 19.